The number of halogens is 1. The molecule has 0 radical (unpaired) electrons. The number of rotatable bonds is 4. The predicted molar refractivity (Wildman–Crippen MR) is 92.6 cm³/mol. The van der Waals surface area contributed by atoms with E-state index in [-0.39, 0.29) is 12.6 Å². The summed E-state index contributed by atoms with van der Waals surface area (Å²) in [7, 11) is 1.86. The fourth-order valence-electron chi connectivity index (χ4n) is 1.88. The molecule has 0 N–H and O–H groups in total. The van der Waals surface area contributed by atoms with Crippen LogP contribution in [0.3, 0.4) is 0 Å². The van der Waals surface area contributed by atoms with E-state index in [1.54, 1.807) is 16.9 Å². The molecule has 0 aliphatic carbocycles. The summed E-state index contributed by atoms with van der Waals surface area (Å²) in [5, 5.41) is 6.89. The Hall–Kier alpha value is -1.74. The van der Waals surface area contributed by atoms with E-state index in [2.05, 4.69) is 32.7 Å². The summed E-state index contributed by atoms with van der Waals surface area (Å²) in [4.78, 5) is 16.5. The molecule has 0 amide bonds. The minimum atomic E-state index is -0.332. The first-order valence-corrected chi connectivity index (χ1v) is 8.44. The van der Waals surface area contributed by atoms with Crippen molar-refractivity contribution >= 4 is 39.9 Å². The third-order valence-corrected chi connectivity index (χ3v) is 4.83. The van der Waals surface area contributed by atoms with Crippen LogP contribution in [-0.4, -0.2) is 20.7 Å². The molecule has 112 valence electrons. The van der Waals surface area contributed by atoms with Gasteiger partial charge in [-0.25, -0.2) is 9.78 Å². The number of aryl methyl sites for hydroxylation is 1. The smallest absolute Gasteiger partial charge is 0.339 e. The Kier molecular flexibility index (Phi) is 4.53. The highest BCUT2D eigenvalue weighted by molar-refractivity contribution is 14.1. The molecule has 0 unspecified atom stereocenters. The van der Waals surface area contributed by atoms with Crippen LogP contribution in [0.25, 0.3) is 10.6 Å². The monoisotopic (exact) mass is 425 g/mol. The molecule has 22 heavy (non-hydrogen) atoms. The number of hydrogen-bond donors (Lipinski definition) is 0. The number of aromatic nitrogens is 3. The van der Waals surface area contributed by atoms with Gasteiger partial charge in [-0.05, 0) is 34.7 Å². The van der Waals surface area contributed by atoms with Gasteiger partial charge in [-0.1, -0.05) is 12.1 Å². The number of benzene rings is 1. The van der Waals surface area contributed by atoms with E-state index in [0.717, 1.165) is 19.8 Å². The second-order valence-corrected chi connectivity index (χ2v) is 6.62. The maximum atomic E-state index is 12.1. The number of hydrogen-bond acceptors (Lipinski definition) is 5. The average molecular weight is 425 g/mol. The lowest BCUT2D eigenvalue weighted by Crippen LogP contribution is -2.07. The molecule has 2 heterocycles. The largest absolute Gasteiger partial charge is 0.456 e. The lowest BCUT2D eigenvalue weighted by atomic mass is 10.2. The van der Waals surface area contributed by atoms with Crippen LogP contribution >= 0.6 is 33.9 Å². The molecule has 0 aliphatic rings. The van der Waals surface area contributed by atoms with Gasteiger partial charge in [0.1, 0.15) is 11.6 Å². The number of carbonyl (C=O) groups excluding carboxylic acids is 1. The van der Waals surface area contributed by atoms with E-state index < -0.39 is 0 Å². The van der Waals surface area contributed by atoms with E-state index >= 15 is 0 Å². The molecular formula is C15H12IN3O2S. The fraction of sp³-hybridized carbons (Fsp3) is 0.133. The van der Waals surface area contributed by atoms with Gasteiger partial charge in [0, 0.05) is 27.8 Å². The molecule has 1 aromatic carbocycles. The Balaban J connectivity index is 1.66. The standard InChI is InChI=1S/C15H12IN3O2S/c1-19-7-10(6-17-19)14-18-11(9-22-14)8-21-15(20)12-4-2-3-5-13(12)16/h2-7,9H,8H2,1H3. The van der Waals surface area contributed by atoms with Crippen molar-refractivity contribution in [2.75, 3.05) is 0 Å². The van der Waals surface area contributed by atoms with E-state index in [1.165, 1.54) is 11.3 Å². The number of esters is 1. The average Bonchev–Trinajstić information content (AvgIpc) is 3.14. The van der Waals surface area contributed by atoms with Crippen LogP contribution in [0.5, 0.6) is 0 Å². The van der Waals surface area contributed by atoms with Crippen molar-refractivity contribution < 1.29 is 9.53 Å². The van der Waals surface area contributed by atoms with Crippen molar-refractivity contribution in [3.8, 4) is 10.6 Å². The molecule has 5 nitrogen and oxygen atoms in total. The summed E-state index contributed by atoms with van der Waals surface area (Å²) in [6.07, 6.45) is 3.67. The van der Waals surface area contributed by atoms with Gasteiger partial charge in [0.15, 0.2) is 0 Å². The Morgan fingerprint density at radius 1 is 1.41 bits per heavy atom. The van der Waals surface area contributed by atoms with Crippen LogP contribution in [0, 0.1) is 3.57 Å². The second kappa shape index (κ2) is 6.57. The molecule has 7 heteroatoms. The van der Waals surface area contributed by atoms with Gasteiger partial charge in [-0.2, -0.15) is 5.10 Å². The Morgan fingerprint density at radius 2 is 2.23 bits per heavy atom. The van der Waals surface area contributed by atoms with Crippen LogP contribution in [0.1, 0.15) is 16.1 Å². The molecule has 3 rings (SSSR count). The highest BCUT2D eigenvalue weighted by Gasteiger charge is 2.12. The molecule has 0 aliphatic heterocycles. The minimum absolute atomic E-state index is 0.167. The number of nitrogens with zero attached hydrogens (tertiary/aromatic N) is 3. The van der Waals surface area contributed by atoms with Crippen LogP contribution in [0.2, 0.25) is 0 Å². The zero-order valence-electron chi connectivity index (χ0n) is 11.7. The SMILES string of the molecule is Cn1cc(-c2nc(COC(=O)c3ccccc3I)cs2)cn1. The number of carbonyl (C=O) groups is 1. The van der Waals surface area contributed by atoms with Gasteiger partial charge in [-0.15, -0.1) is 11.3 Å². The van der Waals surface area contributed by atoms with Crippen molar-refractivity contribution in [3.63, 3.8) is 0 Å². The van der Waals surface area contributed by atoms with Gasteiger partial charge in [0.05, 0.1) is 17.5 Å². The highest BCUT2D eigenvalue weighted by atomic mass is 127. The Bertz CT molecular complexity index is 812. The fourth-order valence-corrected chi connectivity index (χ4v) is 3.27. The van der Waals surface area contributed by atoms with Crippen molar-refractivity contribution in [2.45, 2.75) is 6.61 Å². The van der Waals surface area contributed by atoms with Crippen molar-refractivity contribution in [1.29, 1.82) is 0 Å². The lowest BCUT2D eigenvalue weighted by Gasteiger charge is -2.04. The van der Waals surface area contributed by atoms with E-state index in [9.17, 15) is 4.79 Å². The highest BCUT2D eigenvalue weighted by Crippen LogP contribution is 2.23. The third-order valence-electron chi connectivity index (χ3n) is 2.95. The molecule has 0 spiro atoms. The summed E-state index contributed by atoms with van der Waals surface area (Å²) in [6.45, 7) is 0.167. The Morgan fingerprint density at radius 3 is 2.95 bits per heavy atom. The van der Waals surface area contributed by atoms with Crippen molar-refractivity contribution in [1.82, 2.24) is 14.8 Å². The van der Waals surface area contributed by atoms with Crippen LogP contribution < -0.4 is 0 Å². The third kappa shape index (κ3) is 3.36. The van der Waals surface area contributed by atoms with Crippen LogP contribution in [0.4, 0.5) is 0 Å². The summed E-state index contributed by atoms with van der Waals surface area (Å²) in [6, 6.07) is 7.34. The van der Waals surface area contributed by atoms with Gasteiger partial charge in [0.25, 0.3) is 0 Å². The molecule has 0 saturated heterocycles. The first-order valence-electron chi connectivity index (χ1n) is 6.48. The summed E-state index contributed by atoms with van der Waals surface area (Å²) in [5.74, 6) is -0.332. The topological polar surface area (TPSA) is 57.0 Å². The zero-order chi connectivity index (χ0) is 15.5. The van der Waals surface area contributed by atoms with Crippen LogP contribution in [-0.2, 0) is 18.4 Å². The minimum Gasteiger partial charge on any atom is -0.456 e. The number of ether oxygens (including phenoxy) is 1. The molecule has 0 atom stereocenters. The first kappa shape index (κ1) is 15.2. The maximum Gasteiger partial charge on any atom is 0.339 e. The van der Waals surface area contributed by atoms with Crippen LogP contribution in [0.15, 0.2) is 42.0 Å². The van der Waals surface area contributed by atoms with Gasteiger partial charge >= 0.3 is 5.97 Å². The maximum absolute atomic E-state index is 12.1. The molecule has 2 aromatic heterocycles. The molecule has 0 bridgehead atoms. The van der Waals surface area contributed by atoms with Crippen molar-refractivity contribution in [3.05, 3.63) is 56.9 Å². The molecule has 0 saturated carbocycles. The molecular weight excluding hydrogens is 413 g/mol. The normalized spacial score (nSPS) is 10.6. The quantitative estimate of drug-likeness (QED) is 0.474. The zero-order valence-corrected chi connectivity index (χ0v) is 14.7. The van der Waals surface area contributed by atoms with Gasteiger partial charge < -0.3 is 4.74 Å². The molecule has 3 aromatic rings. The second-order valence-electron chi connectivity index (χ2n) is 4.60. The lowest BCUT2D eigenvalue weighted by molar-refractivity contribution is 0.0467. The number of thiazole rings is 1. The first-order chi connectivity index (χ1) is 10.6. The summed E-state index contributed by atoms with van der Waals surface area (Å²) >= 11 is 3.63. The van der Waals surface area contributed by atoms with E-state index in [4.69, 9.17) is 4.74 Å². The molecule has 0 fully saturated rings. The van der Waals surface area contributed by atoms with E-state index in [0.29, 0.717) is 5.56 Å². The van der Waals surface area contributed by atoms with Gasteiger partial charge in [-0.3, -0.25) is 4.68 Å². The predicted octanol–water partition coefficient (Wildman–Crippen LogP) is 3.51. The van der Waals surface area contributed by atoms with E-state index in [1.807, 2.05) is 36.8 Å². The summed E-state index contributed by atoms with van der Waals surface area (Å²) in [5.41, 5.74) is 2.27. The van der Waals surface area contributed by atoms with Gasteiger partial charge in [0.2, 0.25) is 0 Å². The van der Waals surface area contributed by atoms with Crippen molar-refractivity contribution in [2.24, 2.45) is 7.05 Å². The Labute approximate surface area is 145 Å². The summed E-state index contributed by atoms with van der Waals surface area (Å²) < 4.78 is 7.93.